The summed E-state index contributed by atoms with van der Waals surface area (Å²) in [5, 5.41) is 23.2. The maximum atomic E-state index is 13.8. The fourth-order valence-electron chi connectivity index (χ4n) is 4.41. The Morgan fingerprint density at radius 1 is 1.00 bits per heavy atom. The highest BCUT2D eigenvalue weighted by Crippen LogP contribution is 2.33. The predicted octanol–water partition coefficient (Wildman–Crippen LogP) is 3.85. The Kier molecular flexibility index (Phi) is 8.28. The van der Waals surface area contributed by atoms with Gasteiger partial charge >= 0.3 is 6.09 Å². The van der Waals surface area contributed by atoms with Crippen LogP contribution in [0.2, 0.25) is 0 Å². The maximum Gasteiger partial charge on any atom is 0.404 e. The molecule has 0 radical (unpaired) electrons. The molecule has 2 aromatic rings. The van der Waals surface area contributed by atoms with Gasteiger partial charge in [-0.2, -0.15) is 4.31 Å². The van der Waals surface area contributed by atoms with Crippen molar-refractivity contribution < 1.29 is 23.4 Å². The van der Waals surface area contributed by atoms with E-state index < -0.39 is 21.8 Å². The van der Waals surface area contributed by atoms with E-state index in [0.29, 0.717) is 0 Å². The fraction of sp³-hybridized carbons (Fsp3) is 0.458. The zero-order valence-corrected chi connectivity index (χ0v) is 19.0. The van der Waals surface area contributed by atoms with Gasteiger partial charge < -0.3 is 15.5 Å². The first kappa shape index (κ1) is 24.2. The molecule has 1 atom stereocenters. The first-order valence-corrected chi connectivity index (χ1v) is 12.6. The van der Waals surface area contributed by atoms with E-state index in [1.54, 1.807) is 18.2 Å². The minimum atomic E-state index is -4.02. The van der Waals surface area contributed by atoms with Crippen LogP contribution in [-0.2, 0) is 16.4 Å². The van der Waals surface area contributed by atoms with Crippen molar-refractivity contribution in [3.8, 4) is 0 Å². The van der Waals surface area contributed by atoms with Gasteiger partial charge in [0.1, 0.15) is 5.72 Å². The predicted molar refractivity (Wildman–Crippen MR) is 123 cm³/mol. The lowest BCUT2D eigenvalue weighted by Crippen LogP contribution is -2.56. The normalized spacial score (nSPS) is 17.1. The van der Waals surface area contributed by atoms with Crippen LogP contribution in [0.1, 0.15) is 44.1 Å². The van der Waals surface area contributed by atoms with Crippen molar-refractivity contribution in [2.45, 2.75) is 55.6 Å². The molecule has 3 N–H and O–H groups in total. The molecule has 7 nitrogen and oxygen atoms in total. The van der Waals surface area contributed by atoms with Gasteiger partial charge in [-0.15, -0.1) is 0 Å². The Bertz CT molecular complexity index is 962. The van der Waals surface area contributed by atoms with Crippen molar-refractivity contribution in [3.63, 3.8) is 0 Å². The summed E-state index contributed by atoms with van der Waals surface area (Å²) in [6, 6.07) is 17.3. The first-order chi connectivity index (χ1) is 15.3. The number of aliphatic hydroxyl groups is 1. The van der Waals surface area contributed by atoms with Gasteiger partial charge in [0.05, 0.1) is 4.90 Å². The average molecular weight is 461 g/mol. The standard InChI is InChI=1S/C24H32N2O5S/c27-23(28)25-17-16-24(29,18-20-10-4-1-5-11-20)26(19-21-12-6-2-7-13-21)32(30,31)22-14-8-3-9-15-22/h1,3-5,8-11,14-15,21,25,29H,2,6-7,12-13,16-19H2,(H,27,28). The molecule has 0 saturated heterocycles. The third-order valence-corrected chi connectivity index (χ3v) is 8.01. The molecule has 1 aliphatic carbocycles. The summed E-state index contributed by atoms with van der Waals surface area (Å²) in [5.74, 6) is 0.150. The summed E-state index contributed by atoms with van der Waals surface area (Å²) < 4.78 is 28.8. The molecule has 8 heteroatoms. The number of benzene rings is 2. The first-order valence-electron chi connectivity index (χ1n) is 11.1. The second kappa shape index (κ2) is 10.9. The van der Waals surface area contributed by atoms with E-state index in [1.807, 2.05) is 30.3 Å². The highest BCUT2D eigenvalue weighted by atomic mass is 32.2. The number of hydrogen-bond acceptors (Lipinski definition) is 4. The summed E-state index contributed by atoms with van der Waals surface area (Å²) in [7, 11) is -4.02. The number of amides is 1. The molecule has 0 aromatic heterocycles. The van der Waals surface area contributed by atoms with Crippen molar-refractivity contribution in [3.05, 3.63) is 66.2 Å². The molecule has 1 unspecified atom stereocenters. The van der Waals surface area contributed by atoms with Crippen molar-refractivity contribution in [1.82, 2.24) is 9.62 Å². The number of hydrogen-bond donors (Lipinski definition) is 3. The van der Waals surface area contributed by atoms with Crippen LogP contribution in [0.4, 0.5) is 4.79 Å². The molecule has 0 spiro atoms. The number of nitrogens with one attached hydrogen (secondary N) is 1. The molecular weight excluding hydrogens is 428 g/mol. The SMILES string of the molecule is O=C(O)NCCC(O)(Cc1ccccc1)N(CC1CCCCC1)S(=O)(=O)c1ccccc1. The minimum absolute atomic E-state index is 0.0625. The zero-order chi connectivity index (χ0) is 23.0. The number of nitrogens with zero attached hydrogens (tertiary/aromatic N) is 1. The van der Waals surface area contributed by atoms with E-state index in [0.717, 1.165) is 37.7 Å². The van der Waals surface area contributed by atoms with Crippen molar-refractivity contribution in [2.24, 2.45) is 5.92 Å². The number of carboxylic acid groups (broad SMARTS) is 1. The number of sulfonamides is 1. The Morgan fingerprint density at radius 3 is 2.19 bits per heavy atom. The summed E-state index contributed by atoms with van der Waals surface area (Å²) in [5.41, 5.74) is -1.00. The fourth-order valence-corrected chi connectivity index (χ4v) is 6.18. The summed E-state index contributed by atoms with van der Waals surface area (Å²) >= 11 is 0. The topological polar surface area (TPSA) is 107 Å². The number of rotatable bonds is 10. The van der Waals surface area contributed by atoms with Gasteiger partial charge in [0.2, 0.25) is 10.0 Å². The Balaban J connectivity index is 2.00. The Hall–Kier alpha value is -2.42. The van der Waals surface area contributed by atoms with Crippen LogP contribution in [0.5, 0.6) is 0 Å². The van der Waals surface area contributed by atoms with Crippen LogP contribution in [0.15, 0.2) is 65.6 Å². The molecule has 1 saturated carbocycles. The minimum Gasteiger partial charge on any atom is -0.465 e. The van der Waals surface area contributed by atoms with E-state index in [9.17, 15) is 18.3 Å². The third kappa shape index (κ3) is 6.31. The highest BCUT2D eigenvalue weighted by molar-refractivity contribution is 7.89. The Labute approximate surface area is 190 Å². The van der Waals surface area contributed by atoms with E-state index in [2.05, 4.69) is 5.32 Å². The van der Waals surface area contributed by atoms with Gasteiger partial charge in [0.25, 0.3) is 0 Å². The second-order valence-electron chi connectivity index (χ2n) is 8.48. The Morgan fingerprint density at radius 2 is 1.59 bits per heavy atom. The lowest BCUT2D eigenvalue weighted by molar-refractivity contribution is -0.0729. The lowest BCUT2D eigenvalue weighted by atomic mass is 9.88. The van der Waals surface area contributed by atoms with Crippen LogP contribution in [-0.4, -0.2) is 47.8 Å². The van der Waals surface area contributed by atoms with E-state index in [4.69, 9.17) is 5.11 Å². The summed E-state index contributed by atoms with van der Waals surface area (Å²) in [6.45, 7) is 0.137. The molecule has 1 amide bonds. The molecule has 0 bridgehead atoms. The summed E-state index contributed by atoms with van der Waals surface area (Å²) in [4.78, 5) is 11.1. The molecule has 3 rings (SSSR count). The molecule has 2 aromatic carbocycles. The molecule has 0 heterocycles. The van der Waals surface area contributed by atoms with Crippen LogP contribution >= 0.6 is 0 Å². The highest BCUT2D eigenvalue weighted by Gasteiger charge is 2.43. The van der Waals surface area contributed by atoms with Gasteiger partial charge in [-0.3, -0.25) is 0 Å². The van der Waals surface area contributed by atoms with Crippen molar-refractivity contribution >= 4 is 16.1 Å². The number of carbonyl (C=O) groups is 1. The van der Waals surface area contributed by atoms with Gasteiger partial charge in [-0.1, -0.05) is 67.8 Å². The maximum absolute atomic E-state index is 13.8. The van der Waals surface area contributed by atoms with Crippen LogP contribution < -0.4 is 5.32 Å². The average Bonchev–Trinajstić information content (AvgIpc) is 2.79. The van der Waals surface area contributed by atoms with E-state index >= 15 is 0 Å². The molecule has 32 heavy (non-hydrogen) atoms. The molecular formula is C24H32N2O5S. The monoisotopic (exact) mass is 460 g/mol. The largest absolute Gasteiger partial charge is 0.465 e. The van der Waals surface area contributed by atoms with Gasteiger partial charge in [0, 0.05) is 25.9 Å². The van der Waals surface area contributed by atoms with Crippen LogP contribution in [0.25, 0.3) is 0 Å². The third-order valence-electron chi connectivity index (χ3n) is 6.08. The summed E-state index contributed by atoms with van der Waals surface area (Å²) in [6.07, 6.45) is 3.84. The quantitative estimate of drug-likeness (QED) is 0.467. The molecule has 1 fully saturated rings. The van der Waals surface area contributed by atoms with Crippen LogP contribution in [0, 0.1) is 5.92 Å². The van der Waals surface area contributed by atoms with Crippen molar-refractivity contribution in [2.75, 3.05) is 13.1 Å². The van der Waals surface area contributed by atoms with Gasteiger partial charge in [-0.25, -0.2) is 13.2 Å². The second-order valence-corrected chi connectivity index (χ2v) is 10.3. The van der Waals surface area contributed by atoms with E-state index in [1.165, 1.54) is 16.4 Å². The van der Waals surface area contributed by atoms with Crippen LogP contribution in [0.3, 0.4) is 0 Å². The van der Waals surface area contributed by atoms with Gasteiger partial charge in [-0.05, 0) is 36.5 Å². The lowest BCUT2D eigenvalue weighted by Gasteiger charge is -2.41. The smallest absolute Gasteiger partial charge is 0.404 e. The van der Waals surface area contributed by atoms with Crippen molar-refractivity contribution in [1.29, 1.82) is 0 Å². The zero-order valence-electron chi connectivity index (χ0n) is 18.2. The molecule has 1 aliphatic rings. The molecule has 0 aliphatic heterocycles. The van der Waals surface area contributed by atoms with E-state index in [-0.39, 0.29) is 36.7 Å². The molecule has 174 valence electrons. The van der Waals surface area contributed by atoms with Gasteiger partial charge in [0.15, 0.2) is 0 Å².